The van der Waals surface area contributed by atoms with Crippen molar-refractivity contribution in [3.05, 3.63) is 47.0 Å². The first-order valence-corrected chi connectivity index (χ1v) is 8.75. The molecule has 8 nitrogen and oxygen atoms in total. The lowest BCUT2D eigenvalue weighted by Crippen LogP contribution is -2.37. The molecule has 1 unspecified atom stereocenters. The van der Waals surface area contributed by atoms with E-state index in [1.165, 1.54) is 0 Å². The molecule has 2 aromatic rings. The van der Waals surface area contributed by atoms with Crippen molar-refractivity contribution in [1.82, 2.24) is 19.8 Å². The quantitative estimate of drug-likeness (QED) is 0.777. The molecule has 3 heterocycles. The first-order chi connectivity index (χ1) is 12.6. The van der Waals surface area contributed by atoms with Crippen molar-refractivity contribution in [2.75, 3.05) is 0 Å². The number of imide groups is 1. The average molecular weight is 352 g/mol. The van der Waals surface area contributed by atoms with Gasteiger partial charge < -0.3 is 9.40 Å². The van der Waals surface area contributed by atoms with Gasteiger partial charge in [0, 0.05) is 18.9 Å². The molecule has 0 N–H and O–H groups in total. The van der Waals surface area contributed by atoms with Crippen LogP contribution in [0.1, 0.15) is 57.5 Å². The summed E-state index contributed by atoms with van der Waals surface area (Å²) in [4.78, 5) is 42.5. The van der Waals surface area contributed by atoms with Gasteiger partial charge in [0.1, 0.15) is 11.6 Å². The molecule has 1 aliphatic carbocycles. The number of carbonyl (C=O) groups excluding carboxylic acids is 3. The maximum Gasteiger partial charge on any atom is 0.338 e. The van der Waals surface area contributed by atoms with Gasteiger partial charge >= 0.3 is 5.97 Å². The van der Waals surface area contributed by atoms with E-state index in [-0.39, 0.29) is 11.1 Å². The largest absolute Gasteiger partial charge is 0.338 e. The Balaban J connectivity index is 1.33. The highest BCUT2D eigenvalue weighted by molar-refractivity contribution is 6.20. The second-order valence-electron chi connectivity index (χ2n) is 6.96. The van der Waals surface area contributed by atoms with Gasteiger partial charge in [0.2, 0.25) is 0 Å². The second kappa shape index (κ2) is 5.48. The third kappa shape index (κ3) is 2.25. The van der Waals surface area contributed by atoms with Crippen LogP contribution in [0.15, 0.2) is 24.3 Å². The van der Waals surface area contributed by atoms with Crippen molar-refractivity contribution < 1.29 is 19.2 Å². The minimum Gasteiger partial charge on any atom is -0.329 e. The zero-order valence-corrected chi connectivity index (χ0v) is 13.9. The smallest absolute Gasteiger partial charge is 0.329 e. The first-order valence-electron chi connectivity index (χ1n) is 8.75. The molecule has 1 atom stereocenters. The third-order valence-electron chi connectivity index (χ3n) is 5.19. The van der Waals surface area contributed by atoms with Gasteiger partial charge in [-0.2, -0.15) is 0 Å². The molecule has 1 saturated carbocycles. The Morgan fingerprint density at radius 2 is 1.73 bits per heavy atom. The molecular weight excluding hydrogens is 336 g/mol. The molecule has 8 heteroatoms. The molecule has 0 spiro atoms. The maximum absolute atomic E-state index is 12.6. The van der Waals surface area contributed by atoms with Gasteiger partial charge in [-0.05, 0) is 31.4 Å². The number of hydrogen-bond donors (Lipinski definition) is 0. The van der Waals surface area contributed by atoms with E-state index in [1.807, 2.05) is 4.57 Å². The number of rotatable bonds is 3. The van der Waals surface area contributed by atoms with Crippen LogP contribution in [0.5, 0.6) is 0 Å². The van der Waals surface area contributed by atoms with E-state index in [2.05, 4.69) is 10.2 Å². The highest BCUT2D eigenvalue weighted by Gasteiger charge is 2.41. The fourth-order valence-corrected chi connectivity index (χ4v) is 3.60. The van der Waals surface area contributed by atoms with E-state index in [9.17, 15) is 14.4 Å². The van der Waals surface area contributed by atoms with E-state index >= 15 is 0 Å². The number of hydroxylamine groups is 2. The van der Waals surface area contributed by atoms with Crippen molar-refractivity contribution in [2.45, 2.75) is 38.1 Å². The van der Waals surface area contributed by atoms with Crippen LogP contribution in [0.2, 0.25) is 0 Å². The number of aryl methyl sites for hydroxylation is 1. The Labute approximate surface area is 148 Å². The fraction of sp³-hybridized carbons (Fsp3) is 0.389. The lowest BCUT2D eigenvalue weighted by atomic mass is 9.99. The van der Waals surface area contributed by atoms with E-state index in [1.54, 1.807) is 24.3 Å². The van der Waals surface area contributed by atoms with Gasteiger partial charge in [-0.25, -0.2) is 4.79 Å². The summed E-state index contributed by atoms with van der Waals surface area (Å²) in [7, 11) is 0. The highest BCUT2D eigenvalue weighted by Crippen LogP contribution is 2.40. The SMILES string of the molecule is O=C(ON1C(=O)c2ccccc2C1=O)C1CCc2nnc(C3CC3)n2C1. The molecule has 1 aromatic carbocycles. The highest BCUT2D eigenvalue weighted by atomic mass is 16.7. The van der Waals surface area contributed by atoms with E-state index in [0.717, 1.165) is 24.5 Å². The zero-order chi connectivity index (χ0) is 17.8. The van der Waals surface area contributed by atoms with E-state index in [4.69, 9.17) is 4.84 Å². The fourth-order valence-electron chi connectivity index (χ4n) is 3.60. The Kier molecular flexibility index (Phi) is 3.22. The predicted octanol–water partition coefficient (Wildman–Crippen LogP) is 1.47. The molecule has 1 fully saturated rings. The number of aromatic nitrogens is 3. The van der Waals surface area contributed by atoms with Gasteiger partial charge in [-0.15, -0.1) is 10.2 Å². The number of amides is 2. The Bertz CT molecular complexity index is 911. The average Bonchev–Trinajstić information content (AvgIpc) is 3.38. The van der Waals surface area contributed by atoms with Gasteiger partial charge in [0.05, 0.1) is 17.0 Å². The molecule has 2 amide bonds. The molecule has 26 heavy (non-hydrogen) atoms. The zero-order valence-electron chi connectivity index (χ0n) is 13.9. The Hall–Kier alpha value is -3.03. The van der Waals surface area contributed by atoms with Crippen LogP contribution in [0.4, 0.5) is 0 Å². The number of fused-ring (bicyclic) bond motifs is 2. The molecular formula is C18H16N4O4. The number of nitrogens with zero attached hydrogens (tertiary/aromatic N) is 4. The van der Waals surface area contributed by atoms with Crippen LogP contribution in [-0.2, 0) is 22.6 Å². The summed E-state index contributed by atoms with van der Waals surface area (Å²) in [5.74, 6) is 0.0508. The number of carbonyl (C=O) groups is 3. The molecule has 2 aliphatic heterocycles. The summed E-state index contributed by atoms with van der Waals surface area (Å²) >= 11 is 0. The summed E-state index contributed by atoms with van der Waals surface area (Å²) in [6, 6.07) is 6.44. The van der Waals surface area contributed by atoms with Crippen molar-refractivity contribution in [2.24, 2.45) is 5.92 Å². The van der Waals surface area contributed by atoms with Crippen LogP contribution < -0.4 is 0 Å². The van der Waals surface area contributed by atoms with Gasteiger partial charge in [0.15, 0.2) is 0 Å². The van der Waals surface area contributed by atoms with Crippen molar-refractivity contribution in [1.29, 1.82) is 0 Å². The standard InChI is InChI=1S/C18H16N4O4/c23-16-12-3-1-2-4-13(12)17(24)22(16)26-18(25)11-7-8-14-19-20-15(10-5-6-10)21(14)9-11/h1-4,10-11H,5-9H2. The van der Waals surface area contributed by atoms with Crippen molar-refractivity contribution in [3.63, 3.8) is 0 Å². The van der Waals surface area contributed by atoms with Crippen LogP contribution in [0.3, 0.4) is 0 Å². The van der Waals surface area contributed by atoms with Crippen LogP contribution >= 0.6 is 0 Å². The van der Waals surface area contributed by atoms with Crippen LogP contribution in [-0.4, -0.2) is 37.6 Å². The van der Waals surface area contributed by atoms with Gasteiger partial charge in [-0.1, -0.05) is 17.2 Å². The maximum atomic E-state index is 12.6. The van der Waals surface area contributed by atoms with Gasteiger partial charge in [0.25, 0.3) is 11.8 Å². The molecule has 1 aromatic heterocycles. The first kappa shape index (κ1) is 15.2. The number of hydrogen-bond acceptors (Lipinski definition) is 6. The van der Waals surface area contributed by atoms with Crippen molar-refractivity contribution in [3.8, 4) is 0 Å². The van der Waals surface area contributed by atoms with E-state index in [0.29, 0.717) is 30.4 Å². The molecule has 0 bridgehead atoms. The van der Waals surface area contributed by atoms with Gasteiger partial charge in [-0.3, -0.25) is 9.59 Å². The summed E-state index contributed by atoms with van der Waals surface area (Å²) in [5.41, 5.74) is 0.511. The summed E-state index contributed by atoms with van der Waals surface area (Å²) in [6.45, 7) is 0.427. The van der Waals surface area contributed by atoms with Crippen LogP contribution in [0.25, 0.3) is 0 Å². The lowest BCUT2D eigenvalue weighted by Gasteiger charge is -2.24. The van der Waals surface area contributed by atoms with E-state index < -0.39 is 23.7 Å². The third-order valence-corrected chi connectivity index (χ3v) is 5.19. The second-order valence-corrected chi connectivity index (χ2v) is 6.96. The Morgan fingerprint density at radius 3 is 2.38 bits per heavy atom. The minimum absolute atomic E-state index is 0.256. The number of benzene rings is 1. The minimum atomic E-state index is -0.599. The Morgan fingerprint density at radius 1 is 1.04 bits per heavy atom. The summed E-state index contributed by atoms with van der Waals surface area (Å²) in [6.07, 6.45) is 3.39. The normalized spacial score (nSPS) is 21.5. The molecule has 0 saturated heterocycles. The summed E-state index contributed by atoms with van der Waals surface area (Å²) < 4.78 is 2.00. The van der Waals surface area contributed by atoms with Crippen LogP contribution in [0, 0.1) is 5.92 Å². The topological polar surface area (TPSA) is 94.4 Å². The monoisotopic (exact) mass is 352 g/mol. The molecule has 0 radical (unpaired) electrons. The molecule has 3 aliphatic rings. The lowest BCUT2D eigenvalue weighted by molar-refractivity contribution is -0.174. The van der Waals surface area contributed by atoms with Crippen molar-refractivity contribution >= 4 is 17.8 Å². The molecule has 5 rings (SSSR count). The summed E-state index contributed by atoms with van der Waals surface area (Å²) in [5, 5.41) is 9.04. The molecule has 132 valence electrons. The predicted molar refractivity (Wildman–Crippen MR) is 86.8 cm³/mol.